The smallest absolute Gasteiger partial charge is 0.269 e. The van der Waals surface area contributed by atoms with E-state index in [4.69, 9.17) is 5.73 Å². The number of nitrogens with zero attached hydrogens (tertiary/aromatic N) is 2. The molecule has 2 N–H and O–H groups in total. The predicted octanol–water partition coefficient (Wildman–Crippen LogP) is 2.10. The van der Waals surface area contributed by atoms with Crippen LogP contribution >= 0.6 is 12.4 Å². The molecule has 0 aliphatic heterocycles. The number of non-ortho nitro benzene ring substituents is 1. The number of carbonyl (C=O) groups is 1. The normalized spacial score (nSPS) is 10.0. The van der Waals surface area contributed by atoms with Gasteiger partial charge in [-0.3, -0.25) is 14.9 Å². The molecule has 0 heterocycles. The number of carbonyl (C=O) groups excluding carboxylic acids is 1. The zero-order chi connectivity index (χ0) is 14.4. The van der Waals surface area contributed by atoms with Crippen molar-refractivity contribution < 1.29 is 9.72 Å². The van der Waals surface area contributed by atoms with Gasteiger partial charge in [0.25, 0.3) is 5.69 Å². The molecule has 7 heteroatoms. The molecule has 0 aromatic heterocycles. The molecule has 1 aromatic rings. The lowest BCUT2D eigenvalue weighted by atomic mass is 10.1. The van der Waals surface area contributed by atoms with Crippen LogP contribution in [0.4, 0.5) is 5.69 Å². The summed E-state index contributed by atoms with van der Waals surface area (Å²) in [5.74, 6) is -0.00384. The lowest BCUT2D eigenvalue weighted by Crippen LogP contribution is -2.37. The molecule has 0 radical (unpaired) electrons. The van der Waals surface area contributed by atoms with Crippen LogP contribution in [0.3, 0.4) is 0 Å². The fourth-order valence-corrected chi connectivity index (χ4v) is 1.75. The van der Waals surface area contributed by atoms with Gasteiger partial charge in [0.1, 0.15) is 0 Å². The summed E-state index contributed by atoms with van der Waals surface area (Å²) in [5, 5.41) is 10.6. The minimum absolute atomic E-state index is 0. The Labute approximate surface area is 124 Å². The SMILES string of the molecule is CC(C)N(Cc1ccc([N+](=O)[O-])cc1)C(=O)CCN.Cl. The molecule has 112 valence electrons. The third-order valence-electron chi connectivity index (χ3n) is 2.80. The minimum Gasteiger partial charge on any atom is -0.336 e. The average Bonchev–Trinajstić information content (AvgIpc) is 2.36. The molecule has 0 bridgehead atoms. The molecule has 0 aliphatic rings. The van der Waals surface area contributed by atoms with Crippen molar-refractivity contribution in [1.82, 2.24) is 4.90 Å². The first kappa shape index (κ1) is 18.3. The Kier molecular flexibility index (Phi) is 7.79. The second kappa shape index (κ2) is 8.50. The van der Waals surface area contributed by atoms with E-state index in [-0.39, 0.29) is 30.0 Å². The largest absolute Gasteiger partial charge is 0.336 e. The summed E-state index contributed by atoms with van der Waals surface area (Å²) in [7, 11) is 0. The van der Waals surface area contributed by atoms with Crippen LogP contribution in [-0.2, 0) is 11.3 Å². The fourth-order valence-electron chi connectivity index (χ4n) is 1.75. The minimum atomic E-state index is -0.441. The molecule has 6 nitrogen and oxygen atoms in total. The molecule has 0 atom stereocenters. The summed E-state index contributed by atoms with van der Waals surface area (Å²) in [5.41, 5.74) is 6.31. The van der Waals surface area contributed by atoms with Crippen molar-refractivity contribution in [2.75, 3.05) is 6.54 Å². The van der Waals surface area contributed by atoms with Gasteiger partial charge in [-0.2, -0.15) is 0 Å². The fraction of sp³-hybridized carbons (Fsp3) is 0.462. The van der Waals surface area contributed by atoms with Crippen LogP contribution in [0.5, 0.6) is 0 Å². The number of amides is 1. The van der Waals surface area contributed by atoms with E-state index in [0.29, 0.717) is 19.5 Å². The number of nitrogens with two attached hydrogens (primary N) is 1. The quantitative estimate of drug-likeness (QED) is 0.643. The van der Waals surface area contributed by atoms with Gasteiger partial charge in [-0.15, -0.1) is 12.4 Å². The van der Waals surface area contributed by atoms with Crippen molar-refractivity contribution in [2.24, 2.45) is 5.73 Å². The highest BCUT2D eigenvalue weighted by atomic mass is 35.5. The van der Waals surface area contributed by atoms with Gasteiger partial charge in [0.15, 0.2) is 0 Å². The molecule has 1 rings (SSSR count). The molecule has 20 heavy (non-hydrogen) atoms. The molecule has 0 spiro atoms. The highest BCUT2D eigenvalue weighted by Gasteiger charge is 2.16. The molecule has 1 amide bonds. The molecule has 0 unspecified atom stereocenters. The summed E-state index contributed by atoms with van der Waals surface area (Å²) < 4.78 is 0. The van der Waals surface area contributed by atoms with Crippen LogP contribution in [-0.4, -0.2) is 28.3 Å². The van der Waals surface area contributed by atoms with Gasteiger partial charge in [-0.25, -0.2) is 0 Å². The second-order valence-corrected chi connectivity index (χ2v) is 4.58. The second-order valence-electron chi connectivity index (χ2n) is 4.58. The number of nitro groups is 1. The molecule has 1 aromatic carbocycles. The summed E-state index contributed by atoms with van der Waals surface area (Å²) in [4.78, 5) is 23.7. The van der Waals surface area contributed by atoms with Crippen LogP contribution < -0.4 is 5.73 Å². The van der Waals surface area contributed by atoms with Gasteiger partial charge in [0.2, 0.25) is 5.91 Å². The Morgan fingerprint density at radius 2 is 1.90 bits per heavy atom. The van der Waals surface area contributed by atoms with Gasteiger partial charge in [0, 0.05) is 37.7 Å². The van der Waals surface area contributed by atoms with Crippen molar-refractivity contribution in [3.8, 4) is 0 Å². The topological polar surface area (TPSA) is 89.5 Å². The zero-order valence-electron chi connectivity index (χ0n) is 11.6. The number of hydrogen-bond donors (Lipinski definition) is 1. The molecule has 0 fully saturated rings. The lowest BCUT2D eigenvalue weighted by Gasteiger charge is -2.26. The van der Waals surface area contributed by atoms with Gasteiger partial charge >= 0.3 is 0 Å². The highest BCUT2D eigenvalue weighted by Crippen LogP contribution is 2.15. The molecule has 0 aliphatic carbocycles. The number of hydrogen-bond acceptors (Lipinski definition) is 4. The summed E-state index contributed by atoms with van der Waals surface area (Å²) in [6.07, 6.45) is 0.311. The summed E-state index contributed by atoms with van der Waals surface area (Å²) >= 11 is 0. The van der Waals surface area contributed by atoms with Gasteiger partial charge in [0.05, 0.1) is 4.92 Å². The first-order valence-electron chi connectivity index (χ1n) is 6.18. The Hall–Kier alpha value is -1.66. The van der Waals surface area contributed by atoms with Crippen molar-refractivity contribution in [3.63, 3.8) is 0 Å². The molecule has 0 saturated heterocycles. The third-order valence-corrected chi connectivity index (χ3v) is 2.80. The van der Waals surface area contributed by atoms with E-state index < -0.39 is 4.92 Å². The predicted molar refractivity (Wildman–Crippen MR) is 79.7 cm³/mol. The third kappa shape index (κ3) is 5.14. The maximum atomic E-state index is 11.9. The monoisotopic (exact) mass is 301 g/mol. The zero-order valence-corrected chi connectivity index (χ0v) is 12.4. The van der Waals surface area contributed by atoms with Crippen molar-refractivity contribution in [3.05, 3.63) is 39.9 Å². The number of rotatable bonds is 6. The Morgan fingerprint density at radius 1 is 1.35 bits per heavy atom. The Balaban J connectivity index is 0.00000361. The van der Waals surface area contributed by atoms with E-state index in [1.165, 1.54) is 12.1 Å². The summed E-state index contributed by atoms with van der Waals surface area (Å²) in [6.45, 7) is 4.62. The number of halogens is 1. The summed E-state index contributed by atoms with van der Waals surface area (Å²) in [6, 6.07) is 6.30. The van der Waals surface area contributed by atoms with E-state index in [1.807, 2.05) is 13.8 Å². The van der Waals surface area contributed by atoms with Gasteiger partial charge in [-0.05, 0) is 19.4 Å². The van der Waals surface area contributed by atoms with Crippen molar-refractivity contribution in [1.29, 1.82) is 0 Å². The van der Waals surface area contributed by atoms with E-state index in [9.17, 15) is 14.9 Å². The van der Waals surface area contributed by atoms with Crippen LogP contribution in [0.25, 0.3) is 0 Å². The van der Waals surface area contributed by atoms with Crippen LogP contribution in [0, 0.1) is 10.1 Å². The van der Waals surface area contributed by atoms with E-state index >= 15 is 0 Å². The van der Waals surface area contributed by atoms with Gasteiger partial charge < -0.3 is 10.6 Å². The van der Waals surface area contributed by atoms with Crippen molar-refractivity contribution >= 4 is 24.0 Å². The maximum absolute atomic E-state index is 11.9. The highest BCUT2D eigenvalue weighted by molar-refractivity contribution is 5.85. The van der Waals surface area contributed by atoms with E-state index in [1.54, 1.807) is 17.0 Å². The maximum Gasteiger partial charge on any atom is 0.269 e. The first-order valence-corrected chi connectivity index (χ1v) is 6.18. The average molecular weight is 302 g/mol. The molecule has 0 saturated carbocycles. The van der Waals surface area contributed by atoms with E-state index in [2.05, 4.69) is 0 Å². The standard InChI is InChI=1S/C13H19N3O3.ClH/c1-10(2)15(13(17)7-8-14)9-11-3-5-12(6-4-11)16(18)19;/h3-6,10H,7-9,14H2,1-2H3;1H. The van der Waals surface area contributed by atoms with E-state index in [0.717, 1.165) is 5.56 Å². The van der Waals surface area contributed by atoms with Crippen LogP contribution in [0.1, 0.15) is 25.8 Å². The molecular weight excluding hydrogens is 282 g/mol. The number of nitro benzene ring substituents is 1. The Bertz CT molecular complexity index is 449. The lowest BCUT2D eigenvalue weighted by molar-refractivity contribution is -0.384. The van der Waals surface area contributed by atoms with Crippen LogP contribution in [0.2, 0.25) is 0 Å². The van der Waals surface area contributed by atoms with Crippen LogP contribution in [0.15, 0.2) is 24.3 Å². The first-order chi connectivity index (χ1) is 8.95. The Morgan fingerprint density at radius 3 is 2.30 bits per heavy atom. The van der Waals surface area contributed by atoms with Crippen molar-refractivity contribution in [2.45, 2.75) is 32.9 Å². The number of benzene rings is 1. The van der Waals surface area contributed by atoms with Gasteiger partial charge in [-0.1, -0.05) is 12.1 Å². The molecular formula is C13H20ClN3O3.